The highest BCUT2D eigenvalue weighted by Gasteiger charge is 2.15. The van der Waals surface area contributed by atoms with Gasteiger partial charge in [-0.3, -0.25) is 0 Å². The first-order valence-corrected chi connectivity index (χ1v) is 11.6. The van der Waals surface area contributed by atoms with E-state index in [0.29, 0.717) is 17.9 Å². The van der Waals surface area contributed by atoms with Crippen molar-refractivity contribution in [2.45, 2.75) is 31.1 Å². The van der Waals surface area contributed by atoms with Gasteiger partial charge in [-0.2, -0.15) is 0 Å². The van der Waals surface area contributed by atoms with Crippen LogP contribution in [-0.4, -0.2) is 53.1 Å². The molecule has 0 radical (unpaired) electrons. The van der Waals surface area contributed by atoms with Crippen LogP contribution in [0.5, 0.6) is 0 Å². The third-order valence-corrected chi connectivity index (χ3v) is 6.76. The summed E-state index contributed by atoms with van der Waals surface area (Å²) in [6.07, 6.45) is 2.70. The number of aryl methyl sites for hydroxylation is 1. The molecule has 6 heteroatoms. The van der Waals surface area contributed by atoms with Crippen LogP contribution in [0.15, 0.2) is 53.4 Å². The Balaban J connectivity index is 1.51. The van der Waals surface area contributed by atoms with E-state index in [0.717, 1.165) is 44.6 Å². The number of hydrogen-bond donors (Lipinski definition) is 1. The monoisotopic (exact) mass is 401 g/mol. The predicted octanol–water partition coefficient (Wildman–Crippen LogP) is 2.91. The molecule has 1 heterocycles. The number of piperazine rings is 1. The number of rotatable bonds is 8. The highest BCUT2D eigenvalue weighted by molar-refractivity contribution is 7.89. The van der Waals surface area contributed by atoms with Gasteiger partial charge in [0.05, 0.1) is 4.90 Å². The van der Waals surface area contributed by atoms with E-state index < -0.39 is 10.0 Å². The van der Waals surface area contributed by atoms with E-state index in [4.69, 9.17) is 0 Å². The van der Waals surface area contributed by atoms with Crippen molar-refractivity contribution in [2.75, 3.05) is 44.7 Å². The van der Waals surface area contributed by atoms with Gasteiger partial charge in [-0.25, -0.2) is 13.1 Å². The molecule has 0 bridgehead atoms. The zero-order valence-corrected chi connectivity index (χ0v) is 17.7. The number of benzene rings is 2. The van der Waals surface area contributed by atoms with E-state index in [1.165, 1.54) is 11.3 Å². The third-order valence-electron chi connectivity index (χ3n) is 5.28. The zero-order chi connectivity index (χ0) is 20.0. The summed E-state index contributed by atoms with van der Waals surface area (Å²) in [5.74, 6) is 0. The lowest BCUT2D eigenvalue weighted by molar-refractivity contribution is 0.313. The van der Waals surface area contributed by atoms with Gasteiger partial charge in [-0.15, -0.1) is 0 Å². The van der Waals surface area contributed by atoms with E-state index in [1.807, 2.05) is 12.1 Å². The van der Waals surface area contributed by atoms with Crippen LogP contribution in [0.4, 0.5) is 5.69 Å². The Bertz CT molecular complexity index is 840. The smallest absolute Gasteiger partial charge is 0.240 e. The van der Waals surface area contributed by atoms with Crippen LogP contribution >= 0.6 is 0 Å². The average Bonchev–Trinajstić information content (AvgIpc) is 2.70. The van der Waals surface area contributed by atoms with Crippen molar-refractivity contribution in [3.8, 4) is 0 Å². The fourth-order valence-electron chi connectivity index (χ4n) is 3.48. The van der Waals surface area contributed by atoms with Crippen LogP contribution in [0.1, 0.15) is 24.5 Å². The van der Waals surface area contributed by atoms with Crippen molar-refractivity contribution in [3.63, 3.8) is 0 Å². The van der Waals surface area contributed by atoms with Gasteiger partial charge in [-0.05, 0) is 55.3 Å². The standard InChI is InChI=1S/C22H31N3O2S/c1-3-4-19-7-11-22(12-8-19)28(26,27)23-14-13-20-5-9-21(10-6-20)25-17-15-24(2)16-18-25/h5-12,23H,3-4,13-18H2,1-2H3. The Hall–Kier alpha value is -1.89. The van der Waals surface area contributed by atoms with Gasteiger partial charge in [0.1, 0.15) is 0 Å². The summed E-state index contributed by atoms with van der Waals surface area (Å²) >= 11 is 0. The molecule has 0 amide bonds. The summed E-state index contributed by atoms with van der Waals surface area (Å²) in [5.41, 5.74) is 3.55. The molecule has 1 saturated heterocycles. The molecule has 0 aromatic heterocycles. The molecule has 0 aliphatic carbocycles. The zero-order valence-electron chi connectivity index (χ0n) is 16.9. The normalized spacial score (nSPS) is 15.7. The Morgan fingerprint density at radius 2 is 1.43 bits per heavy atom. The van der Waals surface area contributed by atoms with Crippen molar-refractivity contribution < 1.29 is 8.42 Å². The molecule has 1 N–H and O–H groups in total. The van der Waals surface area contributed by atoms with E-state index in [2.05, 4.69) is 52.8 Å². The molecule has 152 valence electrons. The molecule has 5 nitrogen and oxygen atoms in total. The second kappa shape index (κ2) is 9.54. The number of hydrogen-bond acceptors (Lipinski definition) is 4. The fourth-order valence-corrected chi connectivity index (χ4v) is 4.51. The fraction of sp³-hybridized carbons (Fsp3) is 0.455. The lowest BCUT2D eigenvalue weighted by atomic mass is 10.1. The molecule has 0 atom stereocenters. The van der Waals surface area contributed by atoms with Crippen LogP contribution < -0.4 is 9.62 Å². The van der Waals surface area contributed by atoms with Gasteiger partial charge in [0, 0.05) is 38.4 Å². The summed E-state index contributed by atoms with van der Waals surface area (Å²) in [6, 6.07) is 15.7. The number of nitrogens with one attached hydrogen (secondary N) is 1. The van der Waals surface area contributed by atoms with E-state index in [-0.39, 0.29) is 0 Å². The van der Waals surface area contributed by atoms with Crippen molar-refractivity contribution in [3.05, 3.63) is 59.7 Å². The van der Waals surface area contributed by atoms with Gasteiger partial charge in [0.15, 0.2) is 0 Å². The highest BCUT2D eigenvalue weighted by atomic mass is 32.2. The molecule has 1 aliphatic heterocycles. The maximum absolute atomic E-state index is 12.5. The Morgan fingerprint density at radius 3 is 2.04 bits per heavy atom. The topological polar surface area (TPSA) is 52.7 Å². The number of nitrogens with zero attached hydrogens (tertiary/aromatic N) is 2. The van der Waals surface area contributed by atoms with Crippen molar-refractivity contribution in [2.24, 2.45) is 0 Å². The average molecular weight is 402 g/mol. The maximum atomic E-state index is 12.5. The van der Waals surface area contributed by atoms with Gasteiger partial charge < -0.3 is 9.80 Å². The molecular weight excluding hydrogens is 370 g/mol. The Morgan fingerprint density at radius 1 is 0.857 bits per heavy atom. The lowest BCUT2D eigenvalue weighted by Gasteiger charge is -2.34. The molecule has 0 saturated carbocycles. The first-order chi connectivity index (χ1) is 13.5. The molecule has 1 aliphatic rings. The Labute approximate surface area is 169 Å². The molecule has 0 spiro atoms. The minimum Gasteiger partial charge on any atom is -0.369 e. The molecular formula is C22H31N3O2S. The number of likely N-dealkylation sites (N-methyl/N-ethyl adjacent to an activating group) is 1. The molecule has 1 fully saturated rings. The predicted molar refractivity (Wildman–Crippen MR) is 115 cm³/mol. The first kappa shape index (κ1) is 20.8. The first-order valence-electron chi connectivity index (χ1n) is 10.1. The largest absolute Gasteiger partial charge is 0.369 e. The number of anilines is 1. The quantitative estimate of drug-likeness (QED) is 0.739. The summed E-state index contributed by atoms with van der Waals surface area (Å²) in [6.45, 7) is 6.78. The molecule has 2 aromatic carbocycles. The molecule has 0 unspecified atom stereocenters. The number of sulfonamides is 1. The minimum absolute atomic E-state index is 0.331. The third kappa shape index (κ3) is 5.56. The van der Waals surface area contributed by atoms with Gasteiger partial charge in [0.2, 0.25) is 10.0 Å². The second-order valence-corrected chi connectivity index (χ2v) is 9.27. The van der Waals surface area contributed by atoms with Crippen LogP contribution in [0.3, 0.4) is 0 Å². The summed E-state index contributed by atoms with van der Waals surface area (Å²) in [5, 5.41) is 0. The van der Waals surface area contributed by atoms with E-state index in [9.17, 15) is 8.42 Å². The Kier molecular flexibility index (Phi) is 7.10. The van der Waals surface area contributed by atoms with Gasteiger partial charge in [0.25, 0.3) is 0 Å². The van der Waals surface area contributed by atoms with Crippen LogP contribution in [0.2, 0.25) is 0 Å². The molecule has 2 aromatic rings. The lowest BCUT2D eigenvalue weighted by Crippen LogP contribution is -2.44. The summed E-state index contributed by atoms with van der Waals surface area (Å²) in [4.78, 5) is 5.07. The summed E-state index contributed by atoms with van der Waals surface area (Å²) in [7, 11) is -1.30. The van der Waals surface area contributed by atoms with Crippen LogP contribution in [-0.2, 0) is 22.9 Å². The minimum atomic E-state index is -3.46. The molecule has 28 heavy (non-hydrogen) atoms. The van der Waals surface area contributed by atoms with E-state index >= 15 is 0 Å². The summed E-state index contributed by atoms with van der Waals surface area (Å²) < 4.78 is 27.6. The van der Waals surface area contributed by atoms with Crippen molar-refractivity contribution >= 4 is 15.7 Å². The van der Waals surface area contributed by atoms with Crippen molar-refractivity contribution in [1.29, 1.82) is 0 Å². The SMILES string of the molecule is CCCc1ccc(S(=O)(=O)NCCc2ccc(N3CCN(C)CC3)cc2)cc1. The van der Waals surface area contributed by atoms with E-state index in [1.54, 1.807) is 12.1 Å². The maximum Gasteiger partial charge on any atom is 0.240 e. The molecule has 3 rings (SSSR count). The highest BCUT2D eigenvalue weighted by Crippen LogP contribution is 2.17. The van der Waals surface area contributed by atoms with Crippen molar-refractivity contribution in [1.82, 2.24) is 9.62 Å². The van der Waals surface area contributed by atoms with Crippen LogP contribution in [0, 0.1) is 0 Å². The van der Waals surface area contributed by atoms with Gasteiger partial charge >= 0.3 is 0 Å². The second-order valence-electron chi connectivity index (χ2n) is 7.50. The van der Waals surface area contributed by atoms with Gasteiger partial charge in [-0.1, -0.05) is 37.6 Å². The van der Waals surface area contributed by atoms with Crippen LogP contribution in [0.25, 0.3) is 0 Å².